The molecule has 2 rings (SSSR count). The van der Waals surface area contributed by atoms with Crippen molar-refractivity contribution in [3.63, 3.8) is 0 Å². The quantitative estimate of drug-likeness (QED) is 0.703. The summed E-state index contributed by atoms with van der Waals surface area (Å²) in [6.07, 6.45) is 5.10. The Morgan fingerprint density at radius 1 is 0.944 bits per heavy atom. The molecular weight excluding hydrogens is 232 g/mol. The van der Waals surface area contributed by atoms with Crippen LogP contribution in [-0.2, 0) is 19.1 Å². The van der Waals surface area contributed by atoms with E-state index in [0.717, 1.165) is 0 Å². The van der Waals surface area contributed by atoms with E-state index in [4.69, 9.17) is 9.47 Å². The summed E-state index contributed by atoms with van der Waals surface area (Å²) in [5.74, 6) is -0.610. The number of methoxy groups -OCH3 is 2. The summed E-state index contributed by atoms with van der Waals surface area (Å²) in [6, 6.07) is 0. The van der Waals surface area contributed by atoms with Crippen LogP contribution in [0.5, 0.6) is 0 Å². The molecular formula is C14H18O4. The maximum Gasteiger partial charge on any atom is 0.334 e. The van der Waals surface area contributed by atoms with Crippen LogP contribution in [-0.4, -0.2) is 26.2 Å². The van der Waals surface area contributed by atoms with E-state index >= 15 is 0 Å². The Kier molecular flexibility index (Phi) is 2.84. The maximum atomic E-state index is 11.8. The molecule has 0 amide bonds. The summed E-state index contributed by atoms with van der Waals surface area (Å²) in [5, 5.41) is 0. The molecule has 0 aliphatic heterocycles. The fourth-order valence-electron chi connectivity index (χ4n) is 3.16. The first-order valence-corrected chi connectivity index (χ1v) is 5.98. The van der Waals surface area contributed by atoms with Gasteiger partial charge >= 0.3 is 11.9 Å². The molecule has 0 spiro atoms. The fourth-order valence-corrected chi connectivity index (χ4v) is 3.16. The number of rotatable bonds is 2. The summed E-state index contributed by atoms with van der Waals surface area (Å²) < 4.78 is 9.66. The van der Waals surface area contributed by atoms with Crippen molar-refractivity contribution in [2.75, 3.05) is 14.2 Å². The lowest BCUT2D eigenvalue weighted by Gasteiger charge is -2.38. The van der Waals surface area contributed by atoms with Gasteiger partial charge in [-0.05, 0) is 12.8 Å². The predicted molar refractivity (Wildman–Crippen MR) is 65.6 cm³/mol. The van der Waals surface area contributed by atoms with Gasteiger partial charge in [-0.3, -0.25) is 0 Å². The van der Waals surface area contributed by atoms with Crippen molar-refractivity contribution in [1.29, 1.82) is 0 Å². The van der Waals surface area contributed by atoms with E-state index in [0.29, 0.717) is 24.0 Å². The number of hydrogen-bond acceptors (Lipinski definition) is 4. The predicted octanol–water partition coefficient (Wildman–Crippen LogP) is 2.01. The Bertz CT molecular complexity index is 430. The monoisotopic (exact) mass is 250 g/mol. The van der Waals surface area contributed by atoms with Gasteiger partial charge in [0.2, 0.25) is 0 Å². The second kappa shape index (κ2) is 3.97. The number of fused-ring (bicyclic) bond motifs is 1. The number of esters is 2. The molecule has 4 heteroatoms. The van der Waals surface area contributed by atoms with Crippen molar-refractivity contribution >= 4 is 11.9 Å². The summed E-state index contributed by atoms with van der Waals surface area (Å²) in [7, 11) is 2.76. The topological polar surface area (TPSA) is 52.6 Å². The molecule has 0 aromatic rings. The normalized spacial score (nSPS) is 33.6. The van der Waals surface area contributed by atoms with Crippen LogP contribution in [0.4, 0.5) is 0 Å². The molecule has 0 fully saturated rings. The van der Waals surface area contributed by atoms with E-state index in [1.54, 1.807) is 0 Å². The van der Waals surface area contributed by atoms with Crippen molar-refractivity contribution < 1.29 is 19.1 Å². The first-order chi connectivity index (χ1) is 8.40. The largest absolute Gasteiger partial charge is 0.466 e. The number of ether oxygens (including phenoxy) is 2. The highest BCUT2D eigenvalue weighted by molar-refractivity contribution is 5.96. The Morgan fingerprint density at radius 2 is 1.28 bits per heavy atom. The van der Waals surface area contributed by atoms with Gasteiger partial charge in [0, 0.05) is 22.0 Å². The fraction of sp³-hybridized carbons (Fsp3) is 0.571. The molecule has 4 nitrogen and oxygen atoms in total. The highest BCUT2D eigenvalue weighted by Crippen LogP contribution is 2.62. The van der Waals surface area contributed by atoms with E-state index in [2.05, 4.69) is 0 Å². The van der Waals surface area contributed by atoms with Crippen LogP contribution in [0.1, 0.15) is 26.7 Å². The highest BCUT2D eigenvalue weighted by atomic mass is 16.5. The van der Waals surface area contributed by atoms with Gasteiger partial charge in [-0.15, -0.1) is 0 Å². The number of hydrogen-bond donors (Lipinski definition) is 0. The standard InChI is InChI=1S/C14H18O4/c1-13-7-5-10(12(16)18-4)14(13,2)8-6-9(13)11(15)17-3/h5-6H,7-8H2,1-4H3. The zero-order chi connectivity index (χ0) is 13.6. The lowest BCUT2D eigenvalue weighted by molar-refractivity contribution is -0.140. The SMILES string of the molecule is COC(=O)C1=CCC2(C)C(C(=O)OC)=CCC12C. The maximum absolute atomic E-state index is 11.8. The van der Waals surface area contributed by atoms with Crippen LogP contribution in [0.3, 0.4) is 0 Å². The van der Waals surface area contributed by atoms with Crippen LogP contribution in [0.15, 0.2) is 23.3 Å². The number of carbonyl (C=O) groups is 2. The van der Waals surface area contributed by atoms with Crippen LogP contribution in [0.25, 0.3) is 0 Å². The molecule has 2 unspecified atom stereocenters. The minimum absolute atomic E-state index is 0.305. The lowest BCUT2D eigenvalue weighted by atomic mass is 9.64. The third-order valence-corrected chi connectivity index (χ3v) is 4.65. The second-order valence-corrected chi connectivity index (χ2v) is 5.29. The molecule has 0 heterocycles. The van der Waals surface area contributed by atoms with Crippen molar-refractivity contribution in [2.24, 2.45) is 10.8 Å². The zero-order valence-corrected chi connectivity index (χ0v) is 11.2. The lowest BCUT2D eigenvalue weighted by Crippen LogP contribution is -2.36. The van der Waals surface area contributed by atoms with E-state index in [-0.39, 0.29) is 22.8 Å². The Labute approximate surface area is 107 Å². The average Bonchev–Trinajstić information content (AvgIpc) is 2.76. The van der Waals surface area contributed by atoms with Gasteiger partial charge in [0.05, 0.1) is 14.2 Å². The van der Waals surface area contributed by atoms with Crippen molar-refractivity contribution in [3.8, 4) is 0 Å². The van der Waals surface area contributed by atoms with Crippen molar-refractivity contribution in [2.45, 2.75) is 26.7 Å². The Hall–Kier alpha value is -1.58. The first-order valence-electron chi connectivity index (χ1n) is 5.98. The van der Waals surface area contributed by atoms with Gasteiger partial charge in [0.1, 0.15) is 0 Å². The van der Waals surface area contributed by atoms with Crippen molar-refractivity contribution in [3.05, 3.63) is 23.3 Å². The van der Waals surface area contributed by atoms with Gasteiger partial charge in [0.15, 0.2) is 0 Å². The summed E-state index contributed by atoms with van der Waals surface area (Å²) in [4.78, 5) is 23.6. The molecule has 0 bridgehead atoms. The molecule has 0 aromatic heterocycles. The van der Waals surface area contributed by atoms with Crippen molar-refractivity contribution in [1.82, 2.24) is 0 Å². The first kappa shape index (κ1) is 12.9. The van der Waals surface area contributed by atoms with Gasteiger partial charge in [-0.1, -0.05) is 26.0 Å². The molecule has 2 atom stereocenters. The second-order valence-electron chi connectivity index (χ2n) is 5.29. The highest BCUT2D eigenvalue weighted by Gasteiger charge is 2.58. The summed E-state index contributed by atoms with van der Waals surface area (Å²) >= 11 is 0. The van der Waals surface area contributed by atoms with Crippen LogP contribution in [0, 0.1) is 10.8 Å². The third-order valence-electron chi connectivity index (χ3n) is 4.65. The molecule has 0 saturated heterocycles. The van der Waals surface area contributed by atoms with E-state index in [1.165, 1.54) is 14.2 Å². The molecule has 0 aromatic carbocycles. The summed E-state index contributed by atoms with van der Waals surface area (Å²) in [5.41, 5.74) is 0.595. The van der Waals surface area contributed by atoms with Crippen LogP contribution in [0.2, 0.25) is 0 Å². The molecule has 18 heavy (non-hydrogen) atoms. The van der Waals surface area contributed by atoms with E-state index in [9.17, 15) is 9.59 Å². The number of carbonyl (C=O) groups excluding carboxylic acids is 2. The average molecular weight is 250 g/mol. The Balaban J connectivity index is 2.39. The minimum atomic E-state index is -0.371. The molecule has 0 saturated carbocycles. The third kappa shape index (κ3) is 1.38. The minimum Gasteiger partial charge on any atom is -0.466 e. The Morgan fingerprint density at radius 3 is 1.56 bits per heavy atom. The molecule has 98 valence electrons. The van der Waals surface area contributed by atoms with Gasteiger partial charge < -0.3 is 9.47 Å². The summed E-state index contributed by atoms with van der Waals surface area (Å²) in [6.45, 7) is 4.02. The molecule has 0 radical (unpaired) electrons. The molecule has 2 aliphatic carbocycles. The smallest absolute Gasteiger partial charge is 0.334 e. The van der Waals surface area contributed by atoms with Gasteiger partial charge in [0.25, 0.3) is 0 Å². The van der Waals surface area contributed by atoms with E-state index in [1.807, 2.05) is 26.0 Å². The van der Waals surface area contributed by atoms with Gasteiger partial charge in [-0.25, -0.2) is 9.59 Å². The van der Waals surface area contributed by atoms with E-state index < -0.39 is 0 Å². The molecule has 0 N–H and O–H groups in total. The van der Waals surface area contributed by atoms with Crippen LogP contribution < -0.4 is 0 Å². The van der Waals surface area contributed by atoms with Crippen LogP contribution >= 0.6 is 0 Å². The van der Waals surface area contributed by atoms with Gasteiger partial charge in [-0.2, -0.15) is 0 Å². The number of allylic oxidation sites excluding steroid dienone is 2. The zero-order valence-electron chi connectivity index (χ0n) is 11.2. The molecule has 2 aliphatic rings.